The van der Waals surface area contributed by atoms with Gasteiger partial charge in [-0.05, 0) is 19.0 Å². The molecule has 3 aliphatic heterocycles. The lowest BCUT2D eigenvalue weighted by atomic mass is 9.70. The third kappa shape index (κ3) is 4.14. The topological polar surface area (TPSA) is 55.4 Å². The molecular formula is C18H33B3O6. The minimum Gasteiger partial charge on any atom is -0.403 e. The van der Waals surface area contributed by atoms with E-state index in [1.54, 1.807) is 0 Å². The van der Waals surface area contributed by atoms with E-state index in [4.69, 9.17) is 27.9 Å². The van der Waals surface area contributed by atoms with Crippen LogP contribution >= 0.6 is 0 Å². The average Bonchev–Trinajstić information content (AvgIpc) is 3.10. The van der Waals surface area contributed by atoms with Gasteiger partial charge in [-0.25, -0.2) is 0 Å². The summed E-state index contributed by atoms with van der Waals surface area (Å²) in [7, 11) is -0.564. The Balaban J connectivity index is 1.50. The van der Waals surface area contributed by atoms with Gasteiger partial charge in [-0.1, -0.05) is 59.3 Å². The van der Waals surface area contributed by atoms with Crippen LogP contribution in [-0.4, -0.2) is 58.0 Å². The van der Waals surface area contributed by atoms with Gasteiger partial charge >= 0.3 is 21.4 Å². The Morgan fingerprint density at radius 1 is 0.444 bits per heavy atom. The van der Waals surface area contributed by atoms with Crippen LogP contribution in [0.25, 0.3) is 0 Å². The standard InChI is InChI=1S/C18H33B3O6/c1-4-7-10-19-22-13-14-15(24-19)17-18(27-21(26-17)12-9-6-3)16(13)25-20(23-14)11-8-5-2/h13-18H,4-12H2,1-3H3/t13-,14-,15-,16-,17-,18+/m0/s1. The molecule has 3 heterocycles. The highest BCUT2D eigenvalue weighted by Gasteiger charge is 2.64. The van der Waals surface area contributed by atoms with E-state index in [-0.39, 0.29) is 58.0 Å². The maximum absolute atomic E-state index is 6.36. The van der Waals surface area contributed by atoms with Gasteiger partial charge in [0.05, 0.1) is 36.6 Å². The van der Waals surface area contributed by atoms with Crippen LogP contribution < -0.4 is 0 Å². The van der Waals surface area contributed by atoms with Gasteiger partial charge in [-0.3, -0.25) is 0 Å². The van der Waals surface area contributed by atoms with Gasteiger partial charge in [-0.2, -0.15) is 0 Å². The number of unbranched alkanes of at least 4 members (excludes halogenated alkanes) is 3. The predicted molar refractivity (Wildman–Crippen MR) is 106 cm³/mol. The van der Waals surface area contributed by atoms with Crippen molar-refractivity contribution in [3.63, 3.8) is 0 Å². The molecule has 0 radical (unpaired) electrons. The van der Waals surface area contributed by atoms with Crippen LogP contribution in [0.4, 0.5) is 0 Å². The van der Waals surface area contributed by atoms with Gasteiger partial charge in [-0.15, -0.1) is 0 Å². The van der Waals surface area contributed by atoms with Crippen molar-refractivity contribution in [2.75, 3.05) is 0 Å². The number of hydrogen-bond donors (Lipinski definition) is 0. The summed E-state index contributed by atoms with van der Waals surface area (Å²) in [5.41, 5.74) is 0. The predicted octanol–water partition coefficient (Wildman–Crippen LogP) is 3.22. The lowest BCUT2D eigenvalue weighted by Crippen LogP contribution is -2.74. The first-order chi connectivity index (χ1) is 13.2. The van der Waals surface area contributed by atoms with Gasteiger partial charge in [0.1, 0.15) is 0 Å². The normalized spacial score (nSPS) is 37.7. The van der Waals surface area contributed by atoms with Crippen molar-refractivity contribution in [3.8, 4) is 0 Å². The van der Waals surface area contributed by atoms with Gasteiger partial charge in [0, 0.05) is 0 Å². The summed E-state index contributed by atoms with van der Waals surface area (Å²) in [6.45, 7) is 6.56. The molecule has 27 heavy (non-hydrogen) atoms. The van der Waals surface area contributed by atoms with Crippen LogP contribution in [0.1, 0.15) is 59.3 Å². The zero-order valence-corrected chi connectivity index (χ0v) is 17.0. The summed E-state index contributed by atoms with van der Waals surface area (Å²) < 4.78 is 37.9. The molecule has 4 fully saturated rings. The van der Waals surface area contributed by atoms with Crippen molar-refractivity contribution in [1.82, 2.24) is 0 Å². The maximum atomic E-state index is 6.36. The summed E-state index contributed by atoms with van der Waals surface area (Å²) >= 11 is 0. The molecule has 0 N–H and O–H groups in total. The van der Waals surface area contributed by atoms with Crippen LogP contribution in [0.15, 0.2) is 0 Å². The van der Waals surface area contributed by atoms with Crippen LogP contribution in [0.5, 0.6) is 0 Å². The van der Waals surface area contributed by atoms with Crippen molar-refractivity contribution in [2.45, 2.75) is 115 Å². The van der Waals surface area contributed by atoms with Crippen LogP contribution in [0.3, 0.4) is 0 Å². The number of rotatable bonds is 9. The highest BCUT2D eigenvalue weighted by atomic mass is 16.7. The second kappa shape index (κ2) is 9.18. The Morgan fingerprint density at radius 2 is 0.667 bits per heavy atom. The molecule has 6 nitrogen and oxygen atoms in total. The smallest absolute Gasteiger partial charge is 0.403 e. The van der Waals surface area contributed by atoms with Crippen LogP contribution in [-0.2, 0) is 27.9 Å². The molecule has 0 unspecified atom stereocenters. The fraction of sp³-hybridized carbons (Fsp3) is 1.00. The largest absolute Gasteiger partial charge is 0.457 e. The summed E-state index contributed by atoms with van der Waals surface area (Å²) in [5.74, 6) is 0. The Hall–Kier alpha value is -0.0452. The van der Waals surface area contributed by atoms with Gasteiger partial charge in [0.2, 0.25) is 0 Å². The average molecular weight is 378 g/mol. The fourth-order valence-corrected chi connectivity index (χ4v) is 4.72. The highest BCUT2D eigenvalue weighted by molar-refractivity contribution is 6.47. The SMILES string of the molecule is CCCCB1O[C@H]2[C@@H]3OB(CCCC)O[C@@H]2[C@H]2OB(CCCC)O[C@H]2[C@H]3O1. The zero-order valence-electron chi connectivity index (χ0n) is 17.0. The first-order valence-electron chi connectivity index (χ1n) is 11.2. The molecule has 0 spiro atoms. The van der Waals surface area contributed by atoms with E-state index in [0.717, 1.165) is 57.5 Å². The van der Waals surface area contributed by atoms with Crippen molar-refractivity contribution < 1.29 is 27.9 Å². The third-order valence-electron chi connectivity index (χ3n) is 6.18. The van der Waals surface area contributed by atoms with Crippen molar-refractivity contribution in [1.29, 1.82) is 0 Å². The maximum Gasteiger partial charge on any atom is 0.457 e. The summed E-state index contributed by atoms with van der Waals surface area (Å²) in [6, 6.07) is 0. The van der Waals surface area contributed by atoms with Gasteiger partial charge in [0.25, 0.3) is 0 Å². The molecule has 0 atom stereocenters. The molecule has 3 saturated heterocycles. The van der Waals surface area contributed by atoms with E-state index < -0.39 is 0 Å². The Morgan fingerprint density at radius 3 is 0.852 bits per heavy atom. The fourth-order valence-electron chi connectivity index (χ4n) is 4.72. The monoisotopic (exact) mass is 378 g/mol. The minimum absolute atomic E-state index is 0.127. The molecule has 0 aromatic heterocycles. The summed E-state index contributed by atoms with van der Waals surface area (Å²) in [5, 5.41) is 0. The molecule has 0 amide bonds. The van der Waals surface area contributed by atoms with Crippen molar-refractivity contribution >= 4 is 21.4 Å². The zero-order chi connectivity index (χ0) is 18.8. The molecule has 4 bridgehead atoms. The molecule has 0 aromatic carbocycles. The molecule has 1 aliphatic carbocycles. The van der Waals surface area contributed by atoms with Crippen LogP contribution in [0, 0.1) is 0 Å². The van der Waals surface area contributed by atoms with E-state index in [1.165, 1.54) is 0 Å². The second-order valence-electron chi connectivity index (χ2n) is 8.32. The summed E-state index contributed by atoms with van der Waals surface area (Å²) in [6.07, 6.45) is 8.61. The second-order valence-corrected chi connectivity index (χ2v) is 8.32. The highest BCUT2D eigenvalue weighted by Crippen LogP contribution is 2.44. The molecule has 150 valence electrons. The third-order valence-corrected chi connectivity index (χ3v) is 6.18. The molecule has 0 aromatic rings. The Bertz CT molecular complexity index is 440. The summed E-state index contributed by atoms with van der Waals surface area (Å²) in [4.78, 5) is 0. The van der Waals surface area contributed by atoms with Gasteiger partial charge in [0.15, 0.2) is 0 Å². The van der Waals surface area contributed by atoms with Gasteiger partial charge < -0.3 is 27.9 Å². The van der Waals surface area contributed by atoms with E-state index in [2.05, 4.69) is 20.8 Å². The first-order valence-corrected chi connectivity index (χ1v) is 11.2. The minimum atomic E-state index is -0.197. The number of fused-ring (bicyclic) bond motifs is 3. The van der Waals surface area contributed by atoms with E-state index in [1.807, 2.05) is 0 Å². The molecular weight excluding hydrogens is 345 g/mol. The molecule has 4 aliphatic rings. The molecule has 4 rings (SSSR count). The van der Waals surface area contributed by atoms with E-state index >= 15 is 0 Å². The lowest BCUT2D eigenvalue weighted by molar-refractivity contribution is -0.230. The molecule has 1 saturated carbocycles. The Labute approximate surface area is 164 Å². The van der Waals surface area contributed by atoms with Crippen molar-refractivity contribution in [3.05, 3.63) is 0 Å². The quantitative estimate of drug-likeness (QED) is 0.575. The number of hydrogen-bond acceptors (Lipinski definition) is 6. The van der Waals surface area contributed by atoms with E-state index in [0.29, 0.717) is 0 Å². The van der Waals surface area contributed by atoms with Crippen molar-refractivity contribution in [2.24, 2.45) is 0 Å². The lowest BCUT2D eigenvalue weighted by Gasteiger charge is -2.56. The molecule has 9 heteroatoms. The Kier molecular flexibility index (Phi) is 6.88. The first kappa shape index (κ1) is 20.2. The van der Waals surface area contributed by atoms with Crippen LogP contribution in [0.2, 0.25) is 19.0 Å². The van der Waals surface area contributed by atoms with E-state index in [9.17, 15) is 0 Å².